The van der Waals surface area contributed by atoms with E-state index in [0.717, 1.165) is 12.8 Å². The van der Waals surface area contributed by atoms with Crippen molar-refractivity contribution in [1.82, 2.24) is 29.5 Å². The van der Waals surface area contributed by atoms with E-state index >= 15 is 0 Å². The fraction of sp³-hybridized carbons (Fsp3) is 0.556. The molecule has 1 aliphatic heterocycles. The number of nitro groups is 1. The first-order chi connectivity index (χ1) is 14.8. The van der Waals surface area contributed by atoms with Crippen molar-refractivity contribution >= 4 is 39.9 Å². The summed E-state index contributed by atoms with van der Waals surface area (Å²) in [7, 11) is 0. The third kappa shape index (κ3) is 4.43. The standard InChI is InChI=1S/C18H21Cl2N7O4/c1-10(8-25-16-13(15(19)23-25)7-21-18(20)22-16)9-31-17-14(27(28)29)11(2)26(24-17)12-3-5-30-6-4-12/h7,10,12H,3-6,8-9H2,1-2H3. The molecule has 4 heterocycles. The van der Waals surface area contributed by atoms with E-state index in [1.807, 2.05) is 6.92 Å². The molecule has 0 radical (unpaired) electrons. The van der Waals surface area contributed by atoms with Gasteiger partial charge in [0.1, 0.15) is 5.69 Å². The van der Waals surface area contributed by atoms with Crippen molar-refractivity contribution < 1.29 is 14.4 Å². The summed E-state index contributed by atoms with van der Waals surface area (Å²) in [4.78, 5) is 19.3. The molecule has 1 unspecified atom stereocenters. The molecule has 4 rings (SSSR count). The van der Waals surface area contributed by atoms with Gasteiger partial charge in [0.25, 0.3) is 0 Å². The summed E-state index contributed by atoms with van der Waals surface area (Å²) in [5.41, 5.74) is 0.893. The molecule has 1 fully saturated rings. The van der Waals surface area contributed by atoms with E-state index in [-0.39, 0.29) is 40.6 Å². The zero-order valence-electron chi connectivity index (χ0n) is 17.0. The van der Waals surface area contributed by atoms with E-state index in [2.05, 4.69) is 20.2 Å². The fourth-order valence-electron chi connectivity index (χ4n) is 3.67. The third-order valence-corrected chi connectivity index (χ3v) is 5.67. The van der Waals surface area contributed by atoms with Gasteiger partial charge in [0.2, 0.25) is 5.28 Å². The highest BCUT2D eigenvalue weighted by molar-refractivity contribution is 6.34. The van der Waals surface area contributed by atoms with Crippen molar-refractivity contribution in [1.29, 1.82) is 0 Å². The van der Waals surface area contributed by atoms with Crippen LogP contribution in [0.15, 0.2) is 6.20 Å². The molecule has 166 valence electrons. The van der Waals surface area contributed by atoms with E-state index < -0.39 is 4.92 Å². The van der Waals surface area contributed by atoms with Crippen molar-refractivity contribution in [2.75, 3.05) is 19.8 Å². The highest BCUT2D eigenvalue weighted by atomic mass is 35.5. The fourth-order valence-corrected chi connectivity index (χ4v) is 4.03. The van der Waals surface area contributed by atoms with Crippen LogP contribution in [0.25, 0.3) is 11.0 Å². The topological polar surface area (TPSA) is 123 Å². The maximum absolute atomic E-state index is 11.6. The number of fused-ring (bicyclic) bond motifs is 1. The Morgan fingerprint density at radius 2 is 2.10 bits per heavy atom. The maximum Gasteiger partial charge on any atom is 0.352 e. The minimum Gasteiger partial charge on any atom is -0.471 e. The minimum atomic E-state index is -0.447. The van der Waals surface area contributed by atoms with Crippen molar-refractivity contribution in [3.8, 4) is 5.88 Å². The predicted octanol–water partition coefficient (Wildman–Crippen LogP) is 3.61. The zero-order chi connectivity index (χ0) is 22.1. The number of ether oxygens (including phenoxy) is 2. The highest BCUT2D eigenvalue weighted by Crippen LogP contribution is 2.34. The van der Waals surface area contributed by atoms with Crippen LogP contribution in [0.5, 0.6) is 5.88 Å². The van der Waals surface area contributed by atoms with Crippen LogP contribution in [-0.2, 0) is 11.3 Å². The van der Waals surface area contributed by atoms with Gasteiger partial charge in [-0.15, -0.1) is 5.10 Å². The van der Waals surface area contributed by atoms with Crippen LogP contribution in [0.1, 0.15) is 31.5 Å². The first-order valence-corrected chi connectivity index (χ1v) is 10.6. The van der Waals surface area contributed by atoms with Crippen molar-refractivity contribution in [3.05, 3.63) is 32.4 Å². The highest BCUT2D eigenvalue weighted by Gasteiger charge is 2.30. The lowest BCUT2D eigenvalue weighted by molar-refractivity contribution is -0.386. The van der Waals surface area contributed by atoms with Crippen molar-refractivity contribution in [2.24, 2.45) is 5.92 Å². The molecule has 0 aromatic carbocycles. The van der Waals surface area contributed by atoms with Gasteiger partial charge in [-0.2, -0.15) is 10.1 Å². The quantitative estimate of drug-likeness (QED) is 0.292. The molecule has 0 spiro atoms. The molecule has 1 atom stereocenters. The molecule has 11 nitrogen and oxygen atoms in total. The van der Waals surface area contributed by atoms with Crippen LogP contribution in [0.2, 0.25) is 10.4 Å². The molecule has 0 saturated carbocycles. The Bertz CT molecular complexity index is 1110. The molecule has 1 saturated heterocycles. The second-order valence-corrected chi connectivity index (χ2v) is 8.25. The van der Waals surface area contributed by atoms with Gasteiger partial charge in [0.05, 0.1) is 23.0 Å². The van der Waals surface area contributed by atoms with E-state index in [1.165, 1.54) is 6.20 Å². The number of rotatable bonds is 7. The summed E-state index contributed by atoms with van der Waals surface area (Å²) in [5, 5.41) is 21.3. The lowest BCUT2D eigenvalue weighted by Crippen LogP contribution is -2.21. The lowest BCUT2D eigenvalue weighted by Gasteiger charge is -2.22. The van der Waals surface area contributed by atoms with E-state index in [4.69, 9.17) is 32.7 Å². The number of aromatic nitrogens is 6. The van der Waals surface area contributed by atoms with Crippen LogP contribution in [-0.4, -0.2) is 54.3 Å². The molecule has 0 amide bonds. The van der Waals surface area contributed by atoms with E-state index in [9.17, 15) is 10.1 Å². The van der Waals surface area contributed by atoms with Crippen LogP contribution >= 0.6 is 23.2 Å². The average molecular weight is 470 g/mol. The van der Waals surface area contributed by atoms with Crippen LogP contribution in [0, 0.1) is 23.0 Å². The Kier molecular flexibility index (Phi) is 6.26. The monoisotopic (exact) mass is 469 g/mol. The molecule has 1 aliphatic rings. The van der Waals surface area contributed by atoms with Gasteiger partial charge in [-0.1, -0.05) is 18.5 Å². The van der Waals surface area contributed by atoms with Crippen LogP contribution in [0.3, 0.4) is 0 Å². The number of nitrogens with zero attached hydrogens (tertiary/aromatic N) is 7. The molecule has 31 heavy (non-hydrogen) atoms. The normalized spacial score (nSPS) is 16.0. The molecular weight excluding hydrogens is 449 g/mol. The lowest BCUT2D eigenvalue weighted by atomic mass is 10.1. The van der Waals surface area contributed by atoms with E-state index in [0.29, 0.717) is 36.5 Å². The summed E-state index contributed by atoms with van der Waals surface area (Å²) in [6.45, 7) is 5.46. The summed E-state index contributed by atoms with van der Waals surface area (Å²) in [6.07, 6.45) is 3.03. The van der Waals surface area contributed by atoms with Gasteiger partial charge < -0.3 is 9.47 Å². The molecule has 0 aliphatic carbocycles. The van der Waals surface area contributed by atoms with Gasteiger partial charge in [-0.05, 0) is 31.4 Å². The number of halogens is 2. The average Bonchev–Trinajstić information content (AvgIpc) is 3.23. The molecule has 13 heteroatoms. The molecule has 3 aromatic heterocycles. The summed E-state index contributed by atoms with van der Waals surface area (Å²) >= 11 is 12.0. The van der Waals surface area contributed by atoms with E-state index in [1.54, 1.807) is 16.3 Å². The second-order valence-electron chi connectivity index (χ2n) is 7.55. The summed E-state index contributed by atoms with van der Waals surface area (Å²) < 4.78 is 14.5. The first kappa shape index (κ1) is 21.7. The molecular formula is C18H21Cl2N7O4. The van der Waals surface area contributed by atoms with Crippen LogP contribution < -0.4 is 4.74 Å². The Labute approximate surface area is 187 Å². The Morgan fingerprint density at radius 1 is 1.35 bits per heavy atom. The number of hydrogen-bond acceptors (Lipinski definition) is 8. The second kappa shape index (κ2) is 8.93. The van der Waals surface area contributed by atoms with Gasteiger partial charge in [0, 0.05) is 31.9 Å². The van der Waals surface area contributed by atoms with Gasteiger partial charge in [-0.3, -0.25) is 14.8 Å². The molecule has 0 bridgehead atoms. The Morgan fingerprint density at radius 3 is 2.81 bits per heavy atom. The first-order valence-electron chi connectivity index (χ1n) is 9.83. The maximum atomic E-state index is 11.6. The van der Waals surface area contributed by atoms with Gasteiger partial charge in [0.15, 0.2) is 10.8 Å². The SMILES string of the molecule is Cc1c([N+](=O)[O-])c(OCC(C)Cn2nc(Cl)c3cnc(Cl)nc32)nn1C1CCOCC1. The zero-order valence-corrected chi connectivity index (χ0v) is 18.5. The minimum absolute atomic E-state index is 0.0227. The predicted molar refractivity (Wildman–Crippen MR) is 113 cm³/mol. The Hall–Kier alpha value is -2.50. The largest absolute Gasteiger partial charge is 0.471 e. The summed E-state index contributed by atoms with van der Waals surface area (Å²) in [5.74, 6) is -0.0457. The molecule has 3 aromatic rings. The third-order valence-electron chi connectivity index (χ3n) is 5.21. The molecule has 0 N–H and O–H groups in total. The van der Waals surface area contributed by atoms with Gasteiger partial charge >= 0.3 is 11.6 Å². The smallest absolute Gasteiger partial charge is 0.352 e. The van der Waals surface area contributed by atoms with Crippen molar-refractivity contribution in [2.45, 2.75) is 39.3 Å². The van der Waals surface area contributed by atoms with Gasteiger partial charge in [-0.25, -0.2) is 9.67 Å². The Balaban J connectivity index is 1.50. The summed E-state index contributed by atoms with van der Waals surface area (Å²) in [6, 6.07) is 0.0595. The number of hydrogen-bond donors (Lipinski definition) is 0. The van der Waals surface area contributed by atoms with Crippen molar-refractivity contribution in [3.63, 3.8) is 0 Å². The van der Waals surface area contributed by atoms with Crippen LogP contribution in [0.4, 0.5) is 5.69 Å².